The van der Waals surface area contributed by atoms with Gasteiger partial charge in [0, 0.05) is 13.1 Å². The highest BCUT2D eigenvalue weighted by Crippen LogP contribution is 2.08. The van der Waals surface area contributed by atoms with Gasteiger partial charge in [0.05, 0.1) is 12.0 Å². The van der Waals surface area contributed by atoms with Gasteiger partial charge in [0.2, 0.25) is 0 Å². The van der Waals surface area contributed by atoms with Gasteiger partial charge in [0.15, 0.2) is 10.7 Å². The van der Waals surface area contributed by atoms with Gasteiger partial charge in [-0.3, -0.25) is 4.90 Å². The van der Waals surface area contributed by atoms with Gasteiger partial charge in [-0.05, 0) is 12.8 Å². The van der Waals surface area contributed by atoms with E-state index in [9.17, 15) is 8.42 Å². The van der Waals surface area contributed by atoms with E-state index in [0.29, 0.717) is 25.9 Å². The third-order valence-electron chi connectivity index (χ3n) is 1.87. The summed E-state index contributed by atoms with van der Waals surface area (Å²) in [6, 6.07) is 0. The van der Waals surface area contributed by atoms with Crippen molar-refractivity contribution in [3.05, 3.63) is 0 Å². The molecule has 0 aromatic heterocycles. The summed E-state index contributed by atoms with van der Waals surface area (Å²) in [7, 11) is -2.29. The zero-order valence-corrected chi connectivity index (χ0v) is 7.17. The Morgan fingerprint density at radius 2 is 1.91 bits per heavy atom. The van der Waals surface area contributed by atoms with E-state index in [1.54, 1.807) is 0 Å². The molecule has 1 N–H and O–H groups in total. The zero-order valence-electron chi connectivity index (χ0n) is 6.27. The van der Waals surface area contributed by atoms with E-state index < -0.39 is 10.7 Å². The molecule has 1 fully saturated rings. The molecule has 0 unspecified atom stereocenters. The summed E-state index contributed by atoms with van der Waals surface area (Å²) >= 11 is 0. The molecule has 0 aliphatic carbocycles. The first-order valence-corrected chi connectivity index (χ1v) is 5.07. The van der Waals surface area contributed by atoms with Crippen molar-refractivity contribution in [3.8, 4) is 0 Å². The lowest BCUT2D eigenvalue weighted by molar-refractivity contribution is 0.0910. The van der Waals surface area contributed by atoms with Crippen molar-refractivity contribution >= 4 is 10.7 Å². The minimum atomic E-state index is -2.29. The van der Waals surface area contributed by atoms with Crippen LogP contribution in [0.15, 0.2) is 0 Å². The topological polar surface area (TPSA) is 57.6 Å². The maximum atomic E-state index is 10.3. The minimum Gasteiger partial charge on any atom is -0.393 e. The predicted molar refractivity (Wildman–Crippen MR) is 42.0 cm³/mol. The molecule has 0 bridgehead atoms. The van der Waals surface area contributed by atoms with E-state index in [-0.39, 0.29) is 12.0 Å². The molecule has 0 aromatic carbocycles. The number of nitrogens with zero attached hydrogens (tertiary/aromatic N) is 1. The molecule has 1 saturated heterocycles. The van der Waals surface area contributed by atoms with Gasteiger partial charge in [-0.25, -0.2) is 8.42 Å². The van der Waals surface area contributed by atoms with Crippen molar-refractivity contribution in [2.24, 2.45) is 0 Å². The second kappa shape index (κ2) is 4.04. The first-order chi connectivity index (χ1) is 5.18. The average molecular weight is 179 g/mol. The summed E-state index contributed by atoms with van der Waals surface area (Å²) < 4.78 is 20.6. The molecule has 1 heterocycles. The van der Waals surface area contributed by atoms with E-state index in [1.807, 2.05) is 4.90 Å². The maximum absolute atomic E-state index is 10.3. The van der Waals surface area contributed by atoms with Crippen LogP contribution in [0, 0.1) is 0 Å². The maximum Gasteiger partial charge on any atom is 0.153 e. The molecule has 0 aromatic rings. The number of aliphatic hydroxyl groups is 1. The van der Waals surface area contributed by atoms with Crippen LogP contribution in [0.2, 0.25) is 0 Å². The summed E-state index contributed by atoms with van der Waals surface area (Å²) in [5.41, 5.74) is 0. The van der Waals surface area contributed by atoms with Crippen molar-refractivity contribution in [3.63, 3.8) is 0 Å². The predicted octanol–water partition coefficient (Wildman–Crippen LogP) is -0.988. The first kappa shape index (κ1) is 8.96. The Labute approximate surface area is 67.8 Å². The van der Waals surface area contributed by atoms with Crippen LogP contribution in [0.5, 0.6) is 0 Å². The number of hydrogen-bond donors (Lipinski definition) is 2. The SMILES string of the molecule is O=[SH](=O)CN1CCC(O)CC1. The van der Waals surface area contributed by atoms with Crippen LogP contribution in [-0.4, -0.2) is 43.5 Å². The van der Waals surface area contributed by atoms with Crippen LogP contribution in [0.4, 0.5) is 0 Å². The average Bonchev–Trinajstić information content (AvgIpc) is 1.93. The van der Waals surface area contributed by atoms with E-state index in [0.717, 1.165) is 0 Å². The molecule has 66 valence electrons. The van der Waals surface area contributed by atoms with Crippen molar-refractivity contribution in [1.82, 2.24) is 4.90 Å². The fourth-order valence-corrected chi connectivity index (χ4v) is 1.83. The normalized spacial score (nSPS) is 22.7. The van der Waals surface area contributed by atoms with Crippen LogP contribution >= 0.6 is 0 Å². The molecule has 1 aliphatic heterocycles. The molecule has 1 aliphatic rings. The Morgan fingerprint density at radius 3 is 2.36 bits per heavy atom. The van der Waals surface area contributed by atoms with Crippen LogP contribution in [0.3, 0.4) is 0 Å². The Hall–Kier alpha value is -0.130. The summed E-state index contributed by atoms with van der Waals surface area (Å²) in [4.78, 5) is 1.85. The molecule has 11 heavy (non-hydrogen) atoms. The number of hydrogen-bond acceptors (Lipinski definition) is 4. The molecule has 0 amide bonds. The fraction of sp³-hybridized carbons (Fsp3) is 1.00. The Kier molecular flexibility index (Phi) is 3.29. The van der Waals surface area contributed by atoms with Gasteiger partial charge in [-0.2, -0.15) is 0 Å². The molecule has 4 nitrogen and oxygen atoms in total. The standard InChI is InChI=1S/C6H13NO3S/c8-6-1-3-7(4-2-6)5-11(9)10/h6,8,11H,1-5H2. The fourth-order valence-electron chi connectivity index (χ4n) is 1.22. The number of piperidine rings is 1. The van der Waals surface area contributed by atoms with Crippen molar-refractivity contribution in [1.29, 1.82) is 0 Å². The zero-order chi connectivity index (χ0) is 8.27. The van der Waals surface area contributed by atoms with Crippen molar-refractivity contribution in [2.75, 3.05) is 19.0 Å². The molecule has 0 radical (unpaired) electrons. The quantitative estimate of drug-likeness (QED) is 0.535. The van der Waals surface area contributed by atoms with Crippen LogP contribution in [0.25, 0.3) is 0 Å². The van der Waals surface area contributed by atoms with E-state index in [4.69, 9.17) is 5.11 Å². The third-order valence-corrected chi connectivity index (χ3v) is 2.50. The Balaban J connectivity index is 2.28. The highest BCUT2D eigenvalue weighted by Gasteiger charge is 2.16. The van der Waals surface area contributed by atoms with E-state index in [2.05, 4.69) is 0 Å². The monoisotopic (exact) mass is 179 g/mol. The van der Waals surface area contributed by atoms with Crippen molar-refractivity contribution in [2.45, 2.75) is 18.9 Å². The van der Waals surface area contributed by atoms with Crippen LogP contribution in [0.1, 0.15) is 12.8 Å². The molecule has 0 atom stereocenters. The number of likely N-dealkylation sites (tertiary alicyclic amines) is 1. The minimum absolute atomic E-state index is 0.141. The second-order valence-electron chi connectivity index (χ2n) is 2.82. The largest absolute Gasteiger partial charge is 0.393 e. The smallest absolute Gasteiger partial charge is 0.153 e. The molecule has 0 spiro atoms. The van der Waals surface area contributed by atoms with Crippen LogP contribution in [-0.2, 0) is 10.7 Å². The number of thiol groups is 1. The second-order valence-corrected chi connectivity index (χ2v) is 3.77. The molecule has 5 heteroatoms. The summed E-state index contributed by atoms with van der Waals surface area (Å²) in [6.45, 7) is 1.40. The molecule has 0 saturated carbocycles. The molecule has 1 rings (SSSR count). The first-order valence-electron chi connectivity index (χ1n) is 3.70. The lowest BCUT2D eigenvalue weighted by Crippen LogP contribution is -2.36. The third kappa shape index (κ3) is 3.18. The van der Waals surface area contributed by atoms with Gasteiger partial charge in [-0.1, -0.05) is 0 Å². The van der Waals surface area contributed by atoms with Gasteiger partial charge in [0.1, 0.15) is 0 Å². The number of rotatable bonds is 2. The van der Waals surface area contributed by atoms with Gasteiger partial charge in [0.25, 0.3) is 0 Å². The highest BCUT2D eigenvalue weighted by molar-refractivity contribution is 7.72. The Morgan fingerprint density at radius 1 is 1.36 bits per heavy atom. The van der Waals surface area contributed by atoms with Crippen molar-refractivity contribution < 1.29 is 13.5 Å². The van der Waals surface area contributed by atoms with Gasteiger partial charge >= 0.3 is 0 Å². The summed E-state index contributed by atoms with van der Waals surface area (Å²) in [5, 5.41) is 9.08. The van der Waals surface area contributed by atoms with E-state index >= 15 is 0 Å². The molecular weight excluding hydrogens is 166 g/mol. The Bertz CT molecular complexity index is 176. The lowest BCUT2D eigenvalue weighted by atomic mass is 10.1. The van der Waals surface area contributed by atoms with Crippen LogP contribution < -0.4 is 0 Å². The van der Waals surface area contributed by atoms with Gasteiger partial charge < -0.3 is 5.11 Å². The van der Waals surface area contributed by atoms with Gasteiger partial charge in [-0.15, -0.1) is 0 Å². The number of aliphatic hydroxyl groups excluding tert-OH is 1. The summed E-state index contributed by atoms with van der Waals surface area (Å²) in [6.07, 6.45) is 1.17. The summed E-state index contributed by atoms with van der Waals surface area (Å²) in [5.74, 6) is 0.141. The van der Waals surface area contributed by atoms with E-state index in [1.165, 1.54) is 0 Å². The molecular formula is C6H13NO3S. The highest BCUT2D eigenvalue weighted by atomic mass is 32.2. The lowest BCUT2D eigenvalue weighted by Gasteiger charge is -2.27.